The Hall–Kier alpha value is -1.82. The molecule has 0 radical (unpaired) electrons. The number of hydrogen-bond acceptors (Lipinski definition) is 5. The molecule has 0 amide bonds. The van der Waals surface area contributed by atoms with Crippen LogP contribution in [-0.2, 0) is 14.3 Å². The Kier molecular flexibility index (Phi) is 5.57. The number of Topliss-reactive ketones (excluding diaryl/α,β-unsaturated/α-hetero) is 1. The lowest BCUT2D eigenvalue weighted by Crippen LogP contribution is -2.08. The van der Waals surface area contributed by atoms with Gasteiger partial charge in [0.05, 0.1) is 11.6 Å². The Balaban J connectivity index is 2.79. The molecule has 6 heteroatoms. The molecule has 5 nitrogen and oxygen atoms in total. The highest BCUT2D eigenvalue weighted by atomic mass is 79.9. The zero-order chi connectivity index (χ0) is 14.4. The molecule has 1 rings (SSSR count). The van der Waals surface area contributed by atoms with Crippen LogP contribution in [0.1, 0.15) is 12.5 Å². The lowest BCUT2D eigenvalue weighted by molar-refractivity contribution is -0.142. The molecular formula is C13H13BrO5. The van der Waals surface area contributed by atoms with Crippen LogP contribution in [0, 0.1) is 0 Å². The Morgan fingerprint density at radius 1 is 1.42 bits per heavy atom. The molecule has 0 atom stereocenters. The quantitative estimate of drug-likeness (QED) is 0.663. The van der Waals surface area contributed by atoms with Crippen molar-refractivity contribution in [3.63, 3.8) is 0 Å². The van der Waals surface area contributed by atoms with Gasteiger partial charge in [-0.15, -0.1) is 0 Å². The van der Waals surface area contributed by atoms with Gasteiger partial charge in [0.2, 0.25) is 0 Å². The van der Waals surface area contributed by atoms with Crippen LogP contribution < -0.4 is 4.74 Å². The van der Waals surface area contributed by atoms with Crippen LogP contribution in [0.15, 0.2) is 22.7 Å². The smallest absolute Gasteiger partial charge is 0.331 e. The first-order valence-electron chi connectivity index (χ1n) is 5.34. The third-order valence-corrected chi connectivity index (χ3v) is 2.70. The Morgan fingerprint density at radius 3 is 2.68 bits per heavy atom. The van der Waals surface area contributed by atoms with Gasteiger partial charge in [0.1, 0.15) is 6.61 Å². The van der Waals surface area contributed by atoms with E-state index in [1.165, 1.54) is 26.2 Å². The molecule has 0 aromatic heterocycles. The fourth-order valence-corrected chi connectivity index (χ4v) is 1.69. The lowest BCUT2D eigenvalue weighted by Gasteiger charge is -2.06. The second kappa shape index (κ2) is 6.94. The van der Waals surface area contributed by atoms with Gasteiger partial charge < -0.3 is 14.6 Å². The standard InChI is InChI=1S/C13H13BrO5/c1-8(15)7-19-12(16)4-3-9-5-10(14)13(17)11(6-9)18-2/h3-6,17H,7H2,1-2H3/b4-3+. The number of aromatic hydroxyl groups is 1. The highest BCUT2D eigenvalue weighted by Crippen LogP contribution is 2.35. The minimum Gasteiger partial charge on any atom is -0.503 e. The highest BCUT2D eigenvalue weighted by molar-refractivity contribution is 9.10. The predicted molar refractivity (Wildman–Crippen MR) is 73.0 cm³/mol. The van der Waals surface area contributed by atoms with E-state index in [1.807, 2.05) is 0 Å². The van der Waals surface area contributed by atoms with Gasteiger partial charge in [0, 0.05) is 6.08 Å². The molecule has 0 unspecified atom stereocenters. The molecule has 0 spiro atoms. The number of benzene rings is 1. The average Bonchev–Trinajstić information content (AvgIpc) is 2.37. The SMILES string of the molecule is COc1cc(/C=C/C(=O)OCC(C)=O)cc(Br)c1O. The summed E-state index contributed by atoms with van der Waals surface area (Å²) in [6, 6.07) is 3.18. The van der Waals surface area contributed by atoms with E-state index in [2.05, 4.69) is 20.7 Å². The molecule has 19 heavy (non-hydrogen) atoms. The van der Waals surface area contributed by atoms with Crippen molar-refractivity contribution in [3.05, 3.63) is 28.2 Å². The van der Waals surface area contributed by atoms with E-state index in [0.717, 1.165) is 0 Å². The Morgan fingerprint density at radius 2 is 2.11 bits per heavy atom. The van der Waals surface area contributed by atoms with Crippen LogP contribution in [0.3, 0.4) is 0 Å². The molecule has 1 N–H and O–H groups in total. The van der Waals surface area contributed by atoms with Crippen molar-refractivity contribution in [2.45, 2.75) is 6.92 Å². The first kappa shape index (κ1) is 15.2. The summed E-state index contributed by atoms with van der Waals surface area (Å²) in [4.78, 5) is 21.9. The third kappa shape index (κ3) is 4.75. The first-order chi connectivity index (χ1) is 8.93. The van der Waals surface area contributed by atoms with Gasteiger partial charge in [-0.05, 0) is 46.6 Å². The van der Waals surface area contributed by atoms with Crippen LogP contribution >= 0.6 is 15.9 Å². The van der Waals surface area contributed by atoms with Crippen molar-refractivity contribution >= 4 is 33.8 Å². The van der Waals surface area contributed by atoms with Crippen molar-refractivity contribution in [2.24, 2.45) is 0 Å². The summed E-state index contributed by atoms with van der Waals surface area (Å²) in [5, 5.41) is 9.62. The summed E-state index contributed by atoms with van der Waals surface area (Å²) >= 11 is 3.17. The molecule has 0 saturated heterocycles. The number of phenolic OH excluding ortho intramolecular Hbond substituents is 1. The van der Waals surface area contributed by atoms with E-state index >= 15 is 0 Å². The number of methoxy groups -OCH3 is 1. The van der Waals surface area contributed by atoms with Gasteiger partial charge in [-0.1, -0.05) is 0 Å². The molecule has 1 aromatic carbocycles. The molecule has 0 aliphatic rings. The summed E-state index contributed by atoms with van der Waals surface area (Å²) < 4.78 is 10.1. The number of rotatable bonds is 5. The number of halogens is 1. The van der Waals surface area contributed by atoms with Crippen molar-refractivity contribution in [1.29, 1.82) is 0 Å². The molecule has 0 saturated carbocycles. The summed E-state index contributed by atoms with van der Waals surface area (Å²) in [5.41, 5.74) is 0.640. The van der Waals surface area contributed by atoms with Gasteiger partial charge in [0.15, 0.2) is 17.3 Å². The molecular weight excluding hydrogens is 316 g/mol. The topological polar surface area (TPSA) is 72.8 Å². The second-order valence-electron chi connectivity index (χ2n) is 3.70. The third-order valence-electron chi connectivity index (χ3n) is 2.10. The summed E-state index contributed by atoms with van der Waals surface area (Å²) in [6.45, 7) is 1.09. The zero-order valence-corrected chi connectivity index (χ0v) is 12.1. The van der Waals surface area contributed by atoms with E-state index in [1.54, 1.807) is 12.1 Å². The number of carbonyl (C=O) groups excluding carboxylic acids is 2. The molecule has 0 aliphatic heterocycles. The number of carbonyl (C=O) groups is 2. The second-order valence-corrected chi connectivity index (χ2v) is 4.55. The minimum atomic E-state index is -0.613. The monoisotopic (exact) mass is 328 g/mol. The van der Waals surface area contributed by atoms with Crippen LogP contribution in [-0.4, -0.2) is 30.6 Å². The van der Waals surface area contributed by atoms with Gasteiger partial charge in [-0.25, -0.2) is 4.79 Å². The van der Waals surface area contributed by atoms with Crippen molar-refractivity contribution in [1.82, 2.24) is 0 Å². The van der Waals surface area contributed by atoms with E-state index < -0.39 is 5.97 Å². The maximum atomic E-state index is 11.3. The lowest BCUT2D eigenvalue weighted by atomic mass is 10.2. The van der Waals surface area contributed by atoms with Gasteiger partial charge in [-0.3, -0.25) is 4.79 Å². The van der Waals surface area contributed by atoms with Crippen LogP contribution in [0.2, 0.25) is 0 Å². The fraction of sp³-hybridized carbons (Fsp3) is 0.231. The van der Waals surface area contributed by atoms with Gasteiger partial charge >= 0.3 is 5.97 Å². The van der Waals surface area contributed by atoms with Gasteiger partial charge in [0.25, 0.3) is 0 Å². The van der Waals surface area contributed by atoms with Crippen LogP contribution in [0.4, 0.5) is 0 Å². The number of esters is 1. The Bertz CT molecular complexity index is 522. The number of hydrogen-bond donors (Lipinski definition) is 1. The van der Waals surface area contributed by atoms with E-state index in [9.17, 15) is 14.7 Å². The number of ketones is 1. The van der Waals surface area contributed by atoms with Crippen LogP contribution in [0.5, 0.6) is 11.5 Å². The summed E-state index contributed by atoms with van der Waals surface area (Å²) in [6.07, 6.45) is 2.69. The maximum absolute atomic E-state index is 11.3. The van der Waals surface area contributed by atoms with Crippen molar-refractivity contribution < 1.29 is 24.2 Å². The molecule has 102 valence electrons. The fourth-order valence-electron chi connectivity index (χ4n) is 1.23. The number of ether oxygens (including phenoxy) is 2. The molecule has 0 bridgehead atoms. The first-order valence-corrected chi connectivity index (χ1v) is 6.14. The molecule has 0 aliphatic carbocycles. The largest absolute Gasteiger partial charge is 0.503 e. The van der Waals surface area contributed by atoms with Crippen molar-refractivity contribution in [2.75, 3.05) is 13.7 Å². The zero-order valence-electron chi connectivity index (χ0n) is 10.5. The average molecular weight is 329 g/mol. The van der Waals surface area contributed by atoms with E-state index in [0.29, 0.717) is 10.0 Å². The molecule has 1 aromatic rings. The van der Waals surface area contributed by atoms with E-state index in [-0.39, 0.29) is 23.9 Å². The molecule has 0 fully saturated rings. The normalized spacial score (nSPS) is 10.5. The molecule has 0 heterocycles. The summed E-state index contributed by atoms with van der Waals surface area (Å²) in [5.74, 6) is -0.570. The minimum absolute atomic E-state index is 0.0150. The van der Waals surface area contributed by atoms with Crippen molar-refractivity contribution in [3.8, 4) is 11.5 Å². The van der Waals surface area contributed by atoms with Gasteiger partial charge in [-0.2, -0.15) is 0 Å². The summed E-state index contributed by atoms with van der Waals surface area (Å²) in [7, 11) is 1.43. The van der Waals surface area contributed by atoms with E-state index in [4.69, 9.17) is 4.74 Å². The van der Waals surface area contributed by atoms with Crippen LogP contribution in [0.25, 0.3) is 6.08 Å². The Labute approximate surface area is 119 Å². The maximum Gasteiger partial charge on any atom is 0.331 e. The predicted octanol–water partition coefficient (Wildman–Crippen LogP) is 2.31. The highest BCUT2D eigenvalue weighted by Gasteiger charge is 2.07. The number of phenols is 1.